The SMILES string of the molecule is COc1ccc(C(=O)N2CCC[C@H](N(C)CCc3ccccc3)C2)c(OC)n1. The number of aromatic nitrogens is 1. The summed E-state index contributed by atoms with van der Waals surface area (Å²) in [4.78, 5) is 21.6. The van der Waals surface area contributed by atoms with Crippen molar-refractivity contribution in [3.05, 3.63) is 53.6 Å². The Morgan fingerprint density at radius 3 is 2.68 bits per heavy atom. The molecule has 6 nitrogen and oxygen atoms in total. The van der Waals surface area contributed by atoms with Crippen molar-refractivity contribution in [1.29, 1.82) is 0 Å². The van der Waals surface area contributed by atoms with Gasteiger partial charge in [-0.05, 0) is 37.9 Å². The van der Waals surface area contributed by atoms with E-state index in [0.717, 1.165) is 38.9 Å². The van der Waals surface area contributed by atoms with Crippen molar-refractivity contribution >= 4 is 5.91 Å². The van der Waals surface area contributed by atoms with Crippen molar-refractivity contribution in [2.75, 3.05) is 40.9 Å². The van der Waals surface area contributed by atoms with E-state index in [1.54, 1.807) is 19.2 Å². The lowest BCUT2D eigenvalue weighted by molar-refractivity contribution is 0.0607. The Hall–Kier alpha value is -2.60. The van der Waals surface area contributed by atoms with Gasteiger partial charge in [0.1, 0.15) is 5.56 Å². The number of likely N-dealkylation sites (tertiary alicyclic amines) is 1. The van der Waals surface area contributed by atoms with Crippen molar-refractivity contribution in [3.8, 4) is 11.8 Å². The fourth-order valence-corrected chi connectivity index (χ4v) is 3.66. The van der Waals surface area contributed by atoms with E-state index in [1.165, 1.54) is 12.7 Å². The lowest BCUT2D eigenvalue weighted by Gasteiger charge is -2.37. The minimum absolute atomic E-state index is 0.0341. The normalized spacial score (nSPS) is 16.9. The van der Waals surface area contributed by atoms with Gasteiger partial charge in [-0.25, -0.2) is 0 Å². The van der Waals surface area contributed by atoms with Crippen LogP contribution in [0.5, 0.6) is 11.8 Å². The first-order valence-electron chi connectivity index (χ1n) is 9.75. The number of likely N-dealkylation sites (N-methyl/N-ethyl adjacent to an activating group) is 1. The first-order valence-corrected chi connectivity index (χ1v) is 9.75. The van der Waals surface area contributed by atoms with Gasteiger partial charge in [0.05, 0.1) is 14.2 Å². The molecule has 0 radical (unpaired) electrons. The Morgan fingerprint density at radius 2 is 1.96 bits per heavy atom. The standard InChI is InChI=1S/C22H29N3O3/c1-24(15-13-17-8-5-4-6-9-17)18-10-7-14-25(16-18)22(26)19-11-12-20(27-2)23-21(19)28-3/h4-6,8-9,11-12,18H,7,10,13-16H2,1-3H3/t18-/m0/s1. The molecule has 3 rings (SSSR count). The number of nitrogens with zero attached hydrogens (tertiary/aromatic N) is 3. The van der Waals surface area contributed by atoms with Crippen LogP contribution in [0.4, 0.5) is 0 Å². The molecule has 1 aliphatic heterocycles. The lowest BCUT2D eigenvalue weighted by Crippen LogP contribution is -2.49. The summed E-state index contributed by atoms with van der Waals surface area (Å²) >= 11 is 0. The molecule has 0 aliphatic carbocycles. The van der Waals surface area contributed by atoms with Gasteiger partial charge in [0.2, 0.25) is 11.8 Å². The summed E-state index contributed by atoms with van der Waals surface area (Å²) in [6, 6.07) is 14.3. The zero-order valence-corrected chi connectivity index (χ0v) is 16.9. The van der Waals surface area contributed by atoms with Crippen LogP contribution in [0.25, 0.3) is 0 Å². The Labute approximate surface area is 167 Å². The molecule has 1 atom stereocenters. The van der Waals surface area contributed by atoms with Gasteiger partial charge < -0.3 is 19.3 Å². The Bertz CT molecular complexity index is 782. The van der Waals surface area contributed by atoms with Gasteiger partial charge in [-0.3, -0.25) is 4.79 Å². The van der Waals surface area contributed by atoms with Gasteiger partial charge in [0.15, 0.2) is 0 Å². The van der Waals surface area contributed by atoms with E-state index in [1.807, 2.05) is 11.0 Å². The molecule has 1 fully saturated rings. The van der Waals surface area contributed by atoms with Crippen molar-refractivity contribution in [2.45, 2.75) is 25.3 Å². The van der Waals surface area contributed by atoms with Crippen LogP contribution in [0, 0.1) is 0 Å². The van der Waals surface area contributed by atoms with Crippen molar-refractivity contribution < 1.29 is 14.3 Å². The van der Waals surface area contributed by atoms with Crippen molar-refractivity contribution in [1.82, 2.24) is 14.8 Å². The second-order valence-corrected chi connectivity index (χ2v) is 7.17. The number of piperidine rings is 1. The molecule has 0 bridgehead atoms. The molecule has 2 aromatic rings. The van der Waals surface area contributed by atoms with E-state index in [9.17, 15) is 4.79 Å². The molecule has 1 saturated heterocycles. The van der Waals surface area contributed by atoms with E-state index >= 15 is 0 Å². The summed E-state index contributed by atoms with van der Waals surface area (Å²) in [5.41, 5.74) is 1.82. The molecule has 0 spiro atoms. The zero-order chi connectivity index (χ0) is 19.9. The number of rotatable bonds is 7. The Balaban J connectivity index is 1.63. The molecule has 1 aromatic carbocycles. The third-order valence-corrected chi connectivity index (χ3v) is 5.37. The van der Waals surface area contributed by atoms with Crippen molar-refractivity contribution in [3.63, 3.8) is 0 Å². The molecule has 0 saturated carbocycles. The fraction of sp³-hybridized carbons (Fsp3) is 0.455. The molecule has 1 aromatic heterocycles. The summed E-state index contributed by atoms with van der Waals surface area (Å²) in [5, 5.41) is 0. The number of hydrogen-bond acceptors (Lipinski definition) is 5. The van der Waals surface area contributed by atoms with Gasteiger partial charge in [0, 0.05) is 31.7 Å². The number of methoxy groups -OCH3 is 2. The molecular formula is C22H29N3O3. The Morgan fingerprint density at radius 1 is 1.18 bits per heavy atom. The second kappa shape index (κ2) is 9.55. The number of carbonyl (C=O) groups excluding carboxylic acids is 1. The van der Waals surface area contributed by atoms with E-state index in [-0.39, 0.29) is 5.91 Å². The largest absolute Gasteiger partial charge is 0.481 e. The maximum Gasteiger partial charge on any atom is 0.259 e. The number of hydrogen-bond donors (Lipinski definition) is 0. The highest BCUT2D eigenvalue weighted by Crippen LogP contribution is 2.24. The van der Waals surface area contributed by atoms with Crippen LogP contribution in [0.3, 0.4) is 0 Å². The quantitative estimate of drug-likeness (QED) is 0.736. The van der Waals surface area contributed by atoms with E-state index in [0.29, 0.717) is 23.4 Å². The van der Waals surface area contributed by atoms with Crippen LogP contribution >= 0.6 is 0 Å². The molecule has 1 aliphatic rings. The number of carbonyl (C=O) groups is 1. The zero-order valence-electron chi connectivity index (χ0n) is 16.9. The predicted octanol–water partition coefficient (Wildman–Crippen LogP) is 2.88. The lowest BCUT2D eigenvalue weighted by atomic mass is 10.0. The van der Waals surface area contributed by atoms with Gasteiger partial charge in [-0.2, -0.15) is 4.98 Å². The Kier molecular flexibility index (Phi) is 6.87. The highest BCUT2D eigenvalue weighted by Gasteiger charge is 2.28. The molecule has 150 valence electrons. The molecule has 0 N–H and O–H groups in total. The first-order chi connectivity index (χ1) is 13.6. The highest BCUT2D eigenvalue weighted by molar-refractivity contribution is 5.96. The molecule has 1 amide bonds. The molecule has 2 heterocycles. The minimum atomic E-state index is -0.0341. The van der Waals surface area contributed by atoms with E-state index in [2.05, 4.69) is 41.2 Å². The van der Waals surface area contributed by atoms with Crippen LogP contribution in [-0.4, -0.2) is 67.6 Å². The van der Waals surface area contributed by atoms with Gasteiger partial charge in [0.25, 0.3) is 5.91 Å². The van der Waals surface area contributed by atoms with Crippen LogP contribution in [-0.2, 0) is 6.42 Å². The summed E-state index contributed by atoms with van der Waals surface area (Å²) in [6.07, 6.45) is 3.11. The summed E-state index contributed by atoms with van der Waals surface area (Å²) in [7, 11) is 5.22. The molecular weight excluding hydrogens is 354 g/mol. The fourth-order valence-electron chi connectivity index (χ4n) is 3.66. The minimum Gasteiger partial charge on any atom is -0.481 e. The monoisotopic (exact) mass is 383 g/mol. The number of pyridine rings is 1. The van der Waals surface area contributed by atoms with Crippen molar-refractivity contribution in [2.24, 2.45) is 0 Å². The average Bonchev–Trinajstić information content (AvgIpc) is 2.77. The third kappa shape index (κ3) is 4.81. The third-order valence-electron chi connectivity index (χ3n) is 5.37. The number of amides is 1. The van der Waals surface area contributed by atoms with Crippen LogP contribution < -0.4 is 9.47 Å². The van der Waals surface area contributed by atoms with E-state index in [4.69, 9.17) is 9.47 Å². The molecule has 28 heavy (non-hydrogen) atoms. The van der Waals surface area contributed by atoms with E-state index < -0.39 is 0 Å². The number of ether oxygens (including phenoxy) is 2. The maximum atomic E-state index is 13.1. The highest BCUT2D eigenvalue weighted by atomic mass is 16.5. The summed E-state index contributed by atoms with van der Waals surface area (Å²) in [5.74, 6) is 0.711. The maximum absolute atomic E-state index is 13.1. The average molecular weight is 383 g/mol. The second-order valence-electron chi connectivity index (χ2n) is 7.17. The smallest absolute Gasteiger partial charge is 0.259 e. The topological polar surface area (TPSA) is 54.9 Å². The molecule has 6 heteroatoms. The number of benzene rings is 1. The van der Waals surface area contributed by atoms with Crippen LogP contribution in [0.2, 0.25) is 0 Å². The predicted molar refractivity (Wildman–Crippen MR) is 109 cm³/mol. The van der Waals surface area contributed by atoms with Gasteiger partial charge in [-0.1, -0.05) is 30.3 Å². The summed E-state index contributed by atoms with van der Waals surface area (Å²) in [6.45, 7) is 2.46. The van der Waals surface area contributed by atoms with Crippen LogP contribution in [0.15, 0.2) is 42.5 Å². The first kappa shape index (κ1) is 20.1. The van der Waals surface area contributed by atoms with Crippen LogP contribution in [0.1, 0.15) is 28.8 Å². The molecule has 0 unspecified atom stereocenters. The summed E-state index contributed by atoms with van der Waals surface area (Å²) < 4.78 is 10.4. The van der Waals surface area contributed by atoms with Gasteiger partial charge >= 0.3 is 0 Å². The van der Waals surface area contributed by atoms with Gasteiger partial charge in [-0.15, -0.1) is 0 Å².